The van der Waals surface area contributed by atoms with Crippen molar-refractivity contribution in [1.82, 2.24) is 10.6 Å². The third-order valence-electron chi connectivity index (χ3n) is 9.58. The first-order chi connectivity index (χ1) is 18.2. The van der Waals surface area contributed by atoms with Gasteiger partial charge in [-0.25, -0.2) is 0 Å². The predicted octanol–water partition coefficient (Wildman–Crippen LogP) is 4.82. The van der Waals surface area contributed by atoms with Crippen LogP contribution in [0.4, 0.5) is 0 Å². The van der Waals surface area contributed by atoms with Crippen LogP contribution in [0, 0.1) is 29.1 Å². The van der Waals surface area contributed by atoms with E-state index in [0.717, 1.165) is 32.1 Å². The Morgan fingerprint density at radius 3 is 2.39 bits per heavy atom. The molecule has 8 nitrogen and oxygen atoms in total. The second-order valence-corrected chi connectivity index (χ2v) is 12.6. The Kier molecular flexibility index (Phi) is 7.81. The van der Waals surface area contributed by atoms with E-state index in [4.69, 9.17) is 21.1 Å². The molecule has 2 amide bonds. The van der Waals surface area contributed by atoms with E-state index < -0.39 is 5.97 Å². The highest BCUT2D eigenvalue weighted by Crippen LogP contribution is 2.49. The van der Waals surface area contributed by atoms with Gasteiger partial charge in [-0.2, -0.15) is 0 Å². The van der Waals surface area contributed by atoms with Gasteiger partial charge in [0.1, 0.15) is 11.5 Å². The SMILES string of the molecule is COc1cc(Cl)c(OC2CCC(C(=O)O)CC2)cc1C(=O)NC1C2CCC(C2)C1C(=O)NCC1(C)CCC1. The Balaban J connectivity index is 1.28. The molecule has 4 aliphatic rings. The number of nitrogens with one attached hydrogen (secondary N) is 2. The maximum atomic E-state index is 13.6. The maximum Gasteiger partial charge on any atom is 0.306 e. The standard InChI is InChI=1S/C29H39ClN2O6/c1-29(10-3-11-29)15-31-27(34)24-17-4-5-18(12-17)25(24)32-26(33)20-13-23(21(30)14-22(20)37-2)38-19-8-6-16(7-9-19)28(35)36/h13-14,16-19,24-25H,3-12,15H2,1-2H3,(H,31,34)(H,32,33)(H,35,36). The number of ether oxygens (including phenoxy) is 2. The van der Waals surface area contributed by atoms with Crippen molar-refractivity contribution >= 4 is 29.4 Å². The minimum absolute atomic E-state index is 0.0553. The van der Waals surface area contributed by atoms with Gasteiger partial charge in [0.2, 0.25) is 5.91 Å². The summed E-state index contributed by atoms with van der Waals surface area (Å²) in [6.45, 7) is 2.92. The highest BCUT2D eigenvalue weighted by Gasteiger charge is 2.51. The fourth-order valence-corrected chi connectivity index (χ4v) is 7.26. The van der Waals surface area contributed by atoms with Crippen molar-refractivity contribution in [2.45, 2.75) is 83.3 Å². The highest BCUT2D eigenvalue weighted by molar-refractivity contribution is 6.32. The first-order valence-electron chi connectivity index (χ1n) is 14.0. The van der Waals surface area contributed by atoms with Gasteiger partial charge in [-0.05, 0) is 81.1 Å². The van der Waals surface area contributed by atoms with Crippen LogP contribution in [0.2, 0.25) is 5.02 Å². The normalized spacial score (nSPS) is 31.2. The summed E-state index contributed by atoms with van der Waals surface area (Å²) in [5.74, 6) is -0.271. The van der Waals surface area contributed by atoms with Crippen molar-refractivity contribution in [3.63, 3.8) is 0 Å². The summed E-state index contributed by atoms with van der Waals surface area (Å²) in [6, 6.07) is 2.98. The van der Waals surface area contributed by atoms with E-state index in [1.807, 2.05) is 0 Å². The molecule has 0 aliphatic heterocycles. The molecule has 0 aromatic heterocycles. The maximum absolute atomic E-state index is 13.6. The number of carbonyl (C=O) groups excluding carboxylic acids is 2. The molecule has 1 aromatic rings. The number of rotatable bonds is 9. The molecule has 208 valence electrons. The number of fused-ring (bicyclic) bond motifs is 2. The third-order valence-corrected chi connectivity index (χ3v) is 9.88. The molecule has 3 N–H and O–H groups in total. The zero-order valence-electron chi connectivity index (χ0n) is 22.3. The van der Waals surface area contributed by atoms with Gasteiger partial charge in [0.15, 0.2) is 0 Å². The summed E-state index contributed by atoms with van der Waals surface area (Å²) in [4.78, 5) is 38.2. The van der Waals surface area contributed by atoms with Gasteiger partial charge in [0.25, 0.3) is 5.91 Å². The van der Waals surface area contributed by atoms with Crippen LogP contribution in [0.5, 0.6) is 11.5 Å². The van der Waals surface area contributed by atoms with Crippen LogP contribution in [0.1, 0.15) is 81.5 Å². The van der Waals surface area contributed by atoms with Crippen molar-refractivity contribution in [2.24, 2.45) is 29.1 Å². The fraction of sp³-hybridized carbons (Fsp3) is 0.690. The molecule has 38 heavy (non-hydrogen) atoms. The van der Waals surface area contributed by atoms with Gasteiger partial charge in [-0.15, -0.1) is 0 Å². The average Bonchev–Trinajstić information content (AvgIpc) is 3.49. The topological polar surface area (TPSA) is 114 Å². The van der Waals surface area contributed by atoms with Crippen LogP contribution < -0.4 is 20.1 Å². The van der Waals surface area contributed by atoms with Crippen molar-refractivity contribution in [3.05, 3.63) is 22.7 Å². The Morgan fingerprint density at radius 1 is 1.05 bits per heavy atom. The van der Waals surface area contributed by atoms with Crippen molar-refractivity contribution < 1.29 is 29.0 Å². The van der Waals surface area contributed by atoms with Crippen LogP contribution in [-0.2, 0) is 9.59 Å². The van der Waals surface area contributed by atoms with Crippen molar-refractivity contribution in [2.75, 3.05) is 13.7 Å². The molecular weight excluding hydrogens is 508 g/mol. The zero-order valence-corrected chi connectivity index (χ0v) is 23.0. The number of benzene rings is 1. The lowest BCUT2D eigenvalue weighted by molar-refractivity contribution is -0.143. The number of aliphatic carboxylic acids is 1. The number of hydrogen-bond donors (Lipinski definition) is 3. The first-order valence-corrected chi connectivity index (χ1v) is 14.4. The monoisotopic (exact) mass is 546 g/mol. The Hall–Kier alpha value is -2.48. The van der Waals surface area contributed by atoms with Crippen molar-refractivity contribution in [1.29, 1.82) is 0 Å². The summed E-state index contributed by atoms with van der Waals surface area (Å²) in [5.41, 5.74) is 0.515. The van der Waals surface area contributed by atoms with Gasteiger partial charge in [-0.1, -0.05) is 24.9 Å². The lowest BCUT2D eigenvalue weighted by atomic mass is 9.70. The van der Waals surface area contributed by atoms with Crippen molar-refractivity contribution in [3.8, 4) is 11.5 Å². The highest BCUT2D eigenvalue weighted by atomic mass is 35.5. The van der Waals surface area contributed by atoms with Crippen LogP contribution >= 0.6 is 11.6 Å². The van der Waals surface area contributed by atoms with Gasteiger partial charge < -0.3 is 25.2 Å². The number of methoxy groups -OCH3 is 1. The van der Waals surface area contributed by atoms with E-state index in [9.17, 15) is 19.5 Å². The molecule has 5 rings (SSSR count). The van der Waals surface area contributed by atoms with E-state index >= 15 is 0 Å². The Labute approximate surface area is 229 Å². The van der Waals surface area contributed by atoms with Crippen LogP contribution in [0.3, 0.4) is 0 Å². The van der Waals surface area contributed by atoms with Gasteiger partial charge in [0.05, 0.1) is 35.6 Å². The van der Waals surface area contributed by atoms with Gasteiger partial charge in [-0.3, -0.25) is 14.4 Å². The van der Waals surface area contributed by atoms with E-state index in [0.29, 0.717) is 60.2 Å². The smallest absolute Gasteiger partial charge is 0.306 e. The molecule has 1 aromatic carbocycles. The minimum atomic E-state index is -0.769. The summed E-state index contributed by atoms with van der Waals surface area (Å²) in [5, 5.41) is 16.0. The Morgan fingerprint density at radius 2 is 1.76 bits per heavy atom. The van der Waals surface area contributed by atoms with Gasteiger partial charge >= 0.3 is 5.97 Å². The van der Waals surface area contributed by atoms with E-state index in [-0.39, 0.29) is 47.1 Å². The number of carbonyl (C=O) groups is 3. The lowest BCUT2D eigenvalue weighted by Crippen LogP contribution is -2.51. The fourth-order valence-electron chi connectivity index (χ4n) is 7.06. The van der Waals surface area contributed by atoms with E-state index in [1.54, 1.807) is 12.1 Å². The predicted molar refractivity (Wildman–Crippen MR) is 143 cm³/mol. The van der Waals surface area contributed by atoms with E-state index in [2.05, 4.69) is 17.6 Å². The molecule has 4 aliphatic carbocycles. The second-order valence-electron chi connectivity index (χ2n) is 12.2. The molecule has 4 atom stereocenters. The molecule has 2 bridgehead atoms. The quantitative estimate of drug-likeness (QED) is 0.409. The number of hydrogen-bond acceptors (Lipinski definition) is 5. The summed E-state index contributed by atoms with van der Waals surface area (Å²) >= 11 is 6.47. The zero-order chi connectivity index (χ0) is 27.0. The molecular formula is C29H39ClN2O6. The first kappa shape index (κ1) is 27.1. The summed E-state index contributed by atoms with van der Waals surface area (Å²) in [6.07, 6.45) is 8.68. The number of amides is 2. The van der Waals surface area contributed by atoms with Gasteiger partial charge in [0, 0.05) is 18.7 Å². The molecule has 0 heterocycles. The van der Waals surface area contributed by atoms with Crippen LogP contribution in [-0.4, -0.2) is 48.7 Å². The number of carboxylic acid groups (broad SMARTS) is 1. The molecule has 0 radical (unpaired) electrons. The molecule has 4 unspecified atom stereocenters. The number of carboxylic acids is 1. The number of halogens is 1. The lowest BCUT2D eigenvalue weighted by Gasteiger charge is -2.39. The Bertz CT molecular complexity index is 1080. The van der Waals surface area contributed by atoms with Crippen LogP contribution in [0.25, 0.3) is 0 Å². The third kappa shape index (κ3) is 5.47. The second kappa shape index (κ2) is 10.9. The molecule has 9 heteroatoms. The summed E-state index contributed by atoms with van der Waals surface area (Å²) < 4.78 is 11.6. The summed E-state index contributed by atoms with van der Waals surface area (Å²) in [7, 11) is 1.49. The molecule has 0 spiro atoms. The molecule has 4 saturated carbocycles. The van der Waals surface area contributed by atoms with Crippen LogP contribution in [0.15, 0.2) is 12.1 Å². The molecule has 0 saturated heterocycles. The average molecular weight is 547 g/mol. The molecule has 4 fully saturated rings. The minimum Gasteiger partial charge on any atom is -0.496 e. The van der Waals surface area contributed by atoms with E-state index in [1.165, 1.54) is 13.5 Å². The largest absolute Gasteiger partial charge is 0.496 e.